The summed E-state index contributed by atoms with van der Waals surface area (Å²) in [5, 5.41) is 8.52. The van der Waals surface area contributed by atoms with Crippen LogP contribution in [-0.4, -0.2) is 58.6 Å². The summed E-state index contributed by atoms with van der Waals surface area (Å²) in [5.74, 6) is -2.93. The van der Waals surface area contributed by atoms with Crippen LogP contribution in [0.3, 0.4) is 0 Å². The van der Waals surface area contributed by atoms with E-state index in [9.17, 15) is 32.3 Å². The molecule has 0 aliphatic carbocycles. The fourth-order valence-electron chi connectivity index (χ4n) is 3.87. The van der Waals surface area contributed by atoms with Crippen LogP contribution in [0.1, 0.15) is 35.3 Å². The Morgan fingerprint density at radius 2 is 1.76 bits per heavy atom. The zero-order chi connectivity index (χ0) is 25.2. The van der Waals surface area contributed by atoms with Crippen molar-refractivity contribution in [1.82, 2.24) is 9.80 Å². The first kappa shape index (κ1) is 25.8. The Balaban J connectivity index is 1.68. The van der Waals surface area contributed by atoms with E-state index in [-0.39, 0.29) is 17.9 Å². The van der Waals surface area contributed by atoms with Crippen LogP contribution in [0.15, 0.2) is 36.4 Å². The molecule has 2 aromatic rings. The van der Waals surface area contributed by atoms with Gasteiger partial charge in [0.15, 0.2) is 6.61 Å². The van der Waals surface area contributed by atoms with Gasteiger partial charge in [-0.15, -0.1) is 0 Å². The lowest BCUT2D eigenvalue weighted by atomic mass is 10.1. The lowest BCUT2D eigenvalue weighted by Gasteiger charge is -2.44. The summed E-state index contributed by atoms with van der Waals surface area (Å²) < 4.78 is 57.9. The van der Waals surface area contributed by atoms with E-state index in [0.717, 1.165) is 5.56 Å². The fourth-order valence-corrected chi connectivity index (χ4v) is 4.14. The first-order chi connectivity index (χ1) is 15.9. The molecule has 11 heteroatoms. The van der Waals surface area contributed by atoms with Crippen molar-refractivity contribution >= 4 is 23.5 Å². The van der Waals surface area contributed by atoms with Gasteiger partial charge in [0.1, 0.15) is 17.1 Å². The number of benzene rings is 2. The van der Waals surface area contributed by atoms with Crippen molar-refractivity contribution in [1.29, 1.82) is 0 Å². The van der Waals surface area contributed by atoms with E-state index < -0.39 is 46.6 Å². The van der Waals surface area contributed by atoms with Gasteiger partial charge in [-0.25, -0.2) is 9.18 Å². The number of hydrogen-bond acceptors (Lipinski definition) is 4. The predicted octanol–water partition coefficient (Wildman–Crippen LogP) is 4.70. The maximum absolute atomic E-state index is 13.2. The SMILES string of the molecule is CC1CN(C(=O)COc2cc(C(F)(F)F)c(Cl)cc2C(=O)O)C(C)CN1Cc1ccc(F)cc1. The molecule has 1 amide bonds. The molecular weight excluding hydrogens is 480 g/mol. The van der Waals surface area contributed by atoms with Crippen LogP contribution in [-0.2, 0) is 17.5 Å². The van der Waals surface area contributed by atoms with Crippen LogP contribution in [0.2, 0.25) is 5.02 Å². The summed E-state index contributed by atoms with van der Waals surface area (Å²) in [6.45, 7) is 4.54. The Morgan fingerprint density at radius 3 is 2.35 bits per heavy atom. The molecule has 2 atom stereocenters. The number of carboxylic acid groups (broad SMARTS) is 1. The fraction of sp³-hybridized carbons (Fsp3) is 0.391. The summed E-state index contributed by atoms with van der Waals surface area (Å²) in [5.41, 5.74) is -0.901. The number of carbonyl (C=O) groups excluding carboxylic acids is 1. The minimum absolute atomic E-state index is 0.0489. The number of piperazine rings is 1. The Morgan fingerprint density at radius 1 is 1.12 bits per heavy atom. The van der Waals surface area contributed by atoms with Gasteiger partial charge < -0.3 is 14.7 Å². The minimum Gasteiger partial charge on any atom is -0.483 e. The number of nitrogens with zero attached hydrogens (tertiary/aromatic N) is 2. The van der Waals surface area contributed by atoms with Gasteiger partial charge in [-0.2, -0.15) is 13.2 Å². The molecule has 0 saturated carbocycles. The average molecular weight is 503 g/mol. The maximum Gasteiger partial charge on any atom is 0.417 e. The minimum atomic E-state index is -4.82. The molecule has 1 N–H and O–H groups in total. The molecule has 6 nitrogen and oxygen atoms in total. The Hall–Kier alpha value is -2.85. The Kier molecular flexibility index (Phi) is 7.72. The second-order valence-electron chi connectivity index (χ2n) is 8.22. The van der Waals surface area contributed by atoms with Crippen LogP contribution >= 0.6 is 11.6 Å². The molecule has 0 radical (unpaired) electrons. The van der Waals surface area contributed by atoms with Crippen LogP contribution in [0.4, 0.5) is 17.6 Å². The Labute approximate surface area is 198 Å². The van der Waals surface area contributed by atoms with Gasteiger partial charge >= 0.3 is 12.1 Å². The van der Waals surface area contributed by atoms with Gasteiger partial charge in [0, 0.05) is 31.7 Å². The highest BCUT2D eigenvalue weighted by Gasteiger charge is 2.36. The monoisotopic (exact) mass is 502 g/mol. The second kappa shape index (κ2) is 10.2. The summed E-state index contributed by atoms with van der Waals surface area (Å²) in [6, 6.07) is 7.02. The number of carboxylic acids is 1. The summed E-state index contributed by atoms with van der Waals surface area (Å²) >= 11 is 5.59. The van der Waals surface area contributed by atoms with Crippen molar-refractivity contribution in [2.75, 3.05) is 19.7 Å². The zero-order valence-corrected chi connectivity index (χ0v) is 19.2. The van der Waals surface area contributed by atoms with E-state index in [1.807, 2.05) is 13.8 Å². The third-order valence-corrected chi connectivity index (χ3v) is 6.00. The number of carbonyl (C=O) groups is 2. The largest absolute Gasteiger partial charge is 0.483 e. The molecule has 1 saturated heterocycles. The van der Waals surface area contributed by atoms with Gasteiger partial charge in [-0.3, -0.25) is 9.69 Å². The lowest BCUT2D eigenvalue weighted by Crippen LogP contribution is -2.58. The highest BCUT2D eigenvalue weighted by molar-refractivity contribution is 6.31. The normalized spacial score (nSPS) is 19.2. The molecule has 0 aromatic heterocycles. The van der Waals surface area contributed by atoms with Crippen molar-refractivity contribution in [2.45, 2.75) is 38.7 Å². The van der Waals surface area contributed by atoms with E-state index in [1.165, 1.54) is 12.1 Å². The number of rotatable bonds is 6. The smallest absolute Gasteiger partial charge is 0.417 e. The number of halogens is 5. The molecule has 0 bridgehead atoms. The number of ether oxygens (including phenoxy) is 1. The molecule has 1 aliphatic rings. The highest BCUT2D eigenvalue weighted by atomic mass is 35.5. The highest BCUT2D eigenvalue weighted by Crippen LogP contribution is 2.38. The third kappa shape index (κ3) is 5.98. The van der Waals surface area contributed by atoms with Crippen LogP contribution < -0.4 is 4.74 Å². The standard InChI is InChI=1S/C23H23ClF4N2O4/c1-13-10-30(14(2)9-29(13)11-15-3-5-16(25)6-4-15)21(31)12-34-20-8-18(23(26,27)28)19(24)7-17(20)22(32)33/h3-8,13-14H,9-12H2,1-2H3,(H,32,33). The molecule has 184 valence electrons. The molecule has 1 aliphatic heterocycles. The van der Waals surface area contributed by atoms with Crippen molar-refractivity contribution in [3.05, 3.63) is 63.9 Å². The van der Waals surface area contributed by atoms with Gasteiger partial charge in [-0.1, -0.05) is 23.7 Å². The molecule has 2 aromatic carbocycles. The number of alkyl halides is 3. The van der Waals surface area contributed by atoms with Gasteiger partial charge in [0.05, 0.1) is 10.6 Å². The second-order valence-corrected chi connectivity index (χ2v) is 8.63. The van der Waals surface area contributed by atoms with E-state index >= 15 is 0 Å². The summed E-state index contributed by atoms with van der Waals surface area (Å²) in [4.78, 5) is 27.9. The molecule has 3 rings (SSSR count). The zero-order valence-electron chi connectivity index (χ0n) is 18.4. The van der Waals surface area contributed by atoms with Crippen molar-refractivity contribution in [3.63, 3.8) is 0 Å². The van der Waals surface area contributed by atoms with E-state index in [1.54, 1.807) is 17.0 Å². The van der Waals surface area contributed by atoms with E-state index in [2.05, 4.69) is 4.90 Å². The molecule has 1 fully saturated rings. The number of aromatic carboxylic acids is 1. The molecule has 0 spiro atoms. The maximum atomic E-state index is 13.2. The van der Waals surface area contributed by atoms with Gasteiger partial charge in [0.25, 0.3) is 5.91 Å². The van der Waals surface area contributed by atoms with Crippen molar-refractivity contribution < 1.29 is 37.0 Å². The van der Waals surface area contributed by atoms with Crippen molar-refractivity contribution in [3.8, 4) is 5.75 Å². The van der Waals surface area contributed by atoms with E-state index in [4.69, 9.17) is 16.3 Å². The van der Waals surface area contributed by atoms with Crippen LogP contribution in [0, 0.1) is 5.82 Å². The first-order valence-electron chi connectivity index (χ1n) is 10.4. The molecular formula is C23H23ClF4N2O4. The lowest BCUT2D eigenvalue weighted by molar-refractivity contribution is -0.139. The quantitative estimate of drug-likeness (QED) is 0.580. The third-order valence-electron chi connectivity index (χ3n) is 5.69. The number of hydrogen-bond donors (Lipinski definition) is 1. The number of amides is 1. The summed E-state index contributed by atoms with van der Waals surface area (Å²) in [6.07, 6.45) is -4.82. The molecule has 34 heavy (non-hydrogen) atoms. The van der Waals surface area contributed by atoms with E-state index in [0.29, 0.717) is 31.8 Å². The molecule has 2 unspecified atom stereocenters. The average Bonchev–Trinajstić information content (AvgIpc) is 2.75. The van der Waals surface area contributed by atoms with Gasteiger partial charge in [0.2, 0.25) is 0 Å². The summed E-state index contributed by atoms with van der Waals surface area (Å²) in [7, 11) is 0. The first-order valence-corrected chi connectivity index (χ1v) is 10.8. The predicted molar refractivity (Wildman–Crippen MR) is 116 cm³/mol. The van der Waals surface area contributed by atoms with Gasteiger partial charge in [-0.05, 0) is 43.7 Å². The Bertz CT molecular complexity index is 1060. The molecule has 1 heterocycles. The topological polar surface area (TPSA) is 70.1 Å². The van der Waals surface area contributed by atoms with Crippen LogP contribution in [0.5, 0.6) is 5.75 Å². The van der Waals surface area contributed by atoms with Crippen molar-refractivity contribution in [2.24, 2.45) is 0 Å². The van der Waals surface area contributed by atoms with Crippen LogP contribution in [0.25, 0.3) is 0 Å².